The maximum Gasteiger partial charge on any atom is 0.392 e. The summed E-state index contributed by atoms with van der Waals surface area (Å²) in [5, 5.41) is 11.3. The molecule has 2 nitrogen and oxygen atoms in total. The minimum Gasteiger partial charge on any atom is -0.492 e. The highest BCUT2D eigenvalue weighted by atomic mass is 19.4. The number of rotatable bonds is 4. The van der Waals surface area contributed by atoms with E-state index in [1.807, 2.05) is 18.2 Å². The summed E-state index contributed by atoms with van der Waals surface area (Å²) in [4.78, 5) is 0. The summed E-state index contributed by atoms with van der Waals surface area (Å²) < 4.78 is 41.9. The Morgan fingerprint density at radius 3 is 2.50 bits per heavy atom. The molecule has 0 saturated carbocycles. The van der Waals surface area contributed by atoms with Gasteiger partial charge in [0.1, 0.15) is 5.75 Å². The Kier molecular flexibility index (Phi) is 4.18. The largest absolute Gasteiger partial charge is 0.492 e. The molecule has 20 heavy (non-hydrogen) atoms. The zero-order chi connectivity index (χ0) is 14.8. The van der Waals surface area contributed by atoms with E-state index in [0.29, 0.717) is 16.7 Å². The number of ether oxygens (including phenoxy) is 1. The van der Waals surface area contributed by atoms with Crippen LogP contribution in [0.15, 0.2) is 36.4 Å². The highest BCUT2D eigenvalue weighted by molar-refractivity contribution is 5.89. The van der Waals surface area contributed by atoms with Crippen LogP contribution in [-0.4, -0.2) is 17.9 Å². The summed E-state index contributed by atoms with van der Waals surface area (Å²) in [7, 11) is 0. The molecule has 0 spiro atoms. The molecule has 0 aliphatic carbocycles. The number of halogens is 3. The van der Waals surface area contributed by atoms with Crippen LogP contribution < -0.4 is 4.74 Å². The van der Waals surface area contributed by atoms with Gasteiger partial charge in [0.05, 0.1) is 19.1 Å². The Hall–Kier alpha value is -1.75. The zero-order valence-electron chi connectivity index (χ0n) is 10.9. The Bertz CT molecular complexity index is 591. The van der Waals surface area contributed by atoms with Gasteiger partial charge in [0.25, 0.3) is 0 Å². The lowest BCUT2D eigenvalue weighted by atomic mass is 10.0. The Balaban J connectivity index is 2.35. The lowest BCUT2D eigenvalue weighted by Crippen LogP contribution is -2.14. The van der Waals surface area contributed by atoms with Crippen molar-refractivity contribution in [2.75, 3.05) is 6.61 Å². The summed E-state index contributed by atoms with van der Waals surface area (Å²) in [5.74, 6) is 0.322. The van der Waals surface area contributed by atoms with Crippen molar-refractivity contribution < 1.29 is 23.0 Å². The van der Waals surface area contributed by atoms with Crippen molar-refractivity contribution in [1.82, 2.24) is 0 Å². The molecule has 0 fully saturated rings. The van der Waals surface area contributed by atoms with E-state index in [1.54, 1.807) is 25.1 Å². The summed E-state index contributed by atoms with van der Waals surface area (Å²) in [5.41, 5.74) is 0.492. The second kappa shape index (κ2) is 5.71. The van der Waals surface area contributed by atoms with E-state index >= 15 is 0 Å². The molecule has 0 radical (unpaired) electrons. The lowest BCUT2D eigenvalue weighted by molar-refractivity contribution is -0.139. The van der Waals surface area contributed by atoms with E-state index in [-0.39, 0.29) is 0 Å². The van der Waals surface area contributed by atoms with E-state index in [0.717, 1.165) is 5.39 Å². The molecule has 0 bridgehead atoms. The van der Waals surface area contributed by atoms with E-state index in [2.05, 4.69) is 0 Å². The molecule has 108 valence electrons. The summed E-state index contributed by atoms with van der Waals surface area (Å²) >= 11 is 0. The standard InChI is InChI=1S/C15H15F3O2/c1-10(19)12-7-6-11-4-2-3-5-13(11)14(12)20-9-8-15(16,17)18/h2-7,10,19H,8-9H2,1H3/t10-/m1/s1. The van der Waals surface area contributed by atoms with Crippen LogP contribution in [0.4, 0.5) is 13.2 Å². The minimum atomic E-state index is -4.25. The molecule has 1 atom stereocenters. The number of aliphatic hydroxyl groups is 1. The first-order valence-corrected chi connectivity index (χ1v) is 6.28. The van der Waals surface area contributed by atoms with Crippen LogP contribution in [0.5, 0.6) is 5.75 Å². The first kappa shape index (κ1) is 14.7. The molecule has 0 aliphatic rings. The number of hydrogen-bond donors (Lipinski definition) is 1. The topological polar surface area (TPSA) is 29.5 Å². The molecule has 0 unspecified atom stereocenters. The third-order valence-electron chi connectivity index (χ3n) is 2.99. The van der Waals surface area contributed by atoms with Crippen LogP contribution >= 0.6 is 0 Å². The first-order chi connectivity index (χ1) is 9.38. The monoisotopic (exact) mass is 284 g/mol. The molecule has 0 saturated heterocycles. The fourth-order valence-electron chi connectivity index (χ4n) is 2.02. The number of benzene rings is 2. The van der Waals surface area contributed by atoms with Gasteiger partial charge in [0.2, 0.25) is 0 Å². The predicted molar refractivity (Wildman–Crippen MR) is 70.7 cm³/mol. The van der Waals surface area contributed by atoms with E-state index in [4.69, 9.17) is 4.74 Å². The molecule has 1 N–H and O–H groups in total. The summed E-state index contributed by atoms with van der Waals surface area (Å²) in [6, 6.07) is 10.7. The SMILES string of the molecule is C[C@@H](O)c1ccc2ccccc2c1OCCC(F)(F)F. The predicted octanol–water partition coefficient (Wildman–Crippen LogP) is 4.22. The fourth-order valence-corrected chi connectivity index (χ4v) is 2.02. The molecular weight excluding hydrogens is 269 g/mol. The maximum atomic E-state index is 12.2. The van der Waals surface area contributed by atoms with Crippen molar-refractivity contribution in [2.24, 2.45) is 0 Å². The van der Waals surface area contributed by atoms with Crippen LogP contribution in [0.2, 0.25) is 0 Å². The highest BCUT2D eigenvalue weighted by Crippen LogP contribution is 2.34. The van der Waals surface area contributed by atoms with Gasteiger partial charge < -0.3 is 9.84 Å². The summed E-state index contributed by atoms with van der Waals surface area (Å²) in [6.07, 6.45) is -6.08. The highest BCUT2D eigenvalue weighted by Gasteiger charge is 2.27. The Morgan fingerprint density at radius 1 is 1.15 bits per heavy atom. The molecule has 5 heteroatoms. The molecular formula is C15H15F3O2. The van der Waals surface area contributed by atoms with Gasteiger partial charge in [-0.05, 0) is 12.3 Å². The number of alkyl halides is 3. The van der Waals surface area contributed by atoms with Gasteiger partial charge in [-0.1, -0.05) is 36.4 Å². The normalized spacial score (nSPS) is 13.4. The van der Waals surface area contributed by atoms with Gasteiger partial charge in [-0.25, -0.2) is 0 Å². The Morgan fingerprint density at radius 2 is 1.85 bits per heavy atom. The van der Waals surface area contributed by atoms with Crippen molar-refractivity contribution >= 4 is 10.8 Å². The Labute approximate surface area is 114 Å². The van der Waals surface area contributed by atoms with Gasteiger partial charge >= 0.3 is 6.18 Å². The minimum absolute atomic E-state index is 0.322. The quantitative estimate of drug-likeness (QED) is 0.910. The molecule has 0 aromatic heterocycles. The molecule has 0 heterocycles. The van der Waals surface area contributed by atoms with E-state index in [9.17, 15) is 18.3 Å². The maximum absolute atomic E-state index is 12.2. The van der Waals surface area contributed by atoms with Crippen molar-refractivity contribution in [2.45, 2.75) is 25.6 Å². The second-order valence-corrected chi connectivity index (χ2v) is 4.59. The van der Waals surface area contributed by atoms with Gasteiger partial charge in [0.15, 0.2) is 0 Å². The van der Waals surface area contributed by atoms with Crippen molar-refractivity contribution in [3.63, 3.8) is 0 Å². The molecule has 0 aliphatic heterocycles. The third-order valence-corrected chi connectivity index (χ3v) is 2.99. The van der Waals surface area contributed by atoms with E-state index in [1.165, 1.54) is 0 Å². The fraction of sp³-hybridized carbons (Fsp3) is 0.333. The zero-order valence-corrected chi connectivity index (χ0v) is 10.9. The van der Waals surface area contributed by atoms with Crippen molar-refractivity contribution in [3.8, 4) is 5.75 Å². The lowest BCUT2D eigenvalue weighted by Gasteiger charge is -2.16. The van der Waals surface area contributed by atoms with Gasteiger partial charge in [-0.3, -0.25) is 0 Å². The van der Waals surface area contributed by atoms with E-state index < -0.39 is 25.3 Å². The second-order valence-electron chi connectivity index (χ2n) is 4.59. The van der Waals surface area contributed by atoms with Gasteiger partial charge in [-0.2, -0.15) is 13.2 Å². The molecule has 0 amide bonds. The number of fused-ring (bicyclic) bond motifs is 1. The van der Waals surface area contributed by atoms with Crippen LogP contribution in [0, 0.1) is 0 Å². The average Bonchev–Trinajstić information content (AvgIpc) is 2.37. The molecule has 2 aromatic carbocycles. The third kappa shape index (κ3) is 3.42. The average molecular weight is 284 g/mol. The van der Waals surface area contributed by atoms with Gasteiger partial charge in [0, 0.05) is 10.9 Å². The number of hydrogen-bond acceptors (Lipinski definition) is 2. The smallest absolute Gasteiger partial charge is 0.392 e. The van der Waals surface area contributed by atoms with Crippen LogP contribution in [0.3, 0.4) is 0 Å². The molecule has 2 aromatic rings. The van der Waals surface area contributed by atoms with Crippen molar-refractivity contribution in [1.29, 1.82) is 0 Å². The van der Waals surface area contributed by atoms with Crippen LogP contribution in [0.25, 0.3) is 10.8 Å². The van der Waals surface area contributed by atoms with Crippen molar-refractivity contribution in [3.05, 3.63) is 42.0 Å². The van der Waals surface area contributed by atoms with Crippen LogP contribution in [0.1, 0.15) is 25.0 Å². The molecule has 2 rings (SSSR count). The summed E-state index contributed by atoms with van der Waals surface area (Å²) in [6.45, 7) is 1.10. The first-order valence-electron chi connectivity index (χ1n) is 6.28. The van der Waals surface area contributed by atoms with Crippen LogP contribution in [-0.2, 0) is 0 Å². The number of aliphatic hydroxyl groups excluding tert-OH is 1. The van der Waals surface area contributed by atoms with Gasteiger partial charge in [-0.15, -0.1) is 0 Å².